The number of imidazole rings is 1. The standard InChI is InChI=1S/C24H30N4O2/c1-16(2)24(30)25-13-7-10-22-27-20-8-5-6-9-21(20)28(22)15-23(29)26-19-12-11-17(3)18(4)14-19/h5-6,8-9,11-12,14,16H,7,10,13,15H2,1-4H3,(H,25,30)(H,26,29). The maximum atomic E-state index is 12.7. The number of hydrogen-bond donors (Lipinski definition) is 2. The average molecular weight is 407 g/mol. The second kappa shape index (κ2) is 9.57. The van der Waals surface area contributed by atoms with Crippen LogP contribution in [0.4, 0.5) is 5.69 Å². The molecule has 0 saturated carbocycles. The Labute approximate surface area is 177 Å². The van der Waals surface area contributed by atoms with Crippen LogP contribution in [-0.4, -0.2) is 27.9 Å². The fourth-order valence-corrected chi connectivity index (χ4v) is 3.32. The highest BCUT2D eigenvalue weighted by atomic mass is 16.2. The van der Waals surface area contributed by atoms with Crippen LogP contribution in [-0.2, 0) is 22.6 Å². The van der Waals surface area contributed by atoms with Crippen molar-refractivity contribution in [1.82, 2.24) is 14.9 Å². The van der Waals surface area contributed by atoms with Gasteiger partial charge in [0.05, 0.1) is 11.0 Å². The summed E-state index contributed by atoms with van der Waals surface area (Å²) in [5, 5.41) is 5.92. The van der Waals surface area contributed by atoms with E-state index in [-0.39, 0.29) is 24.3 Å². The van der Waals surface area contributed by atoms with Gasteiger partial charge >= 0.3 is 0 Å². The molecule has 0 spiro atoms. The summed E-state index contributed by atoms with van der Waals surface area (Å²) in [5.74, 6) is 0.793. The number of anilines is 1. The van der Waals surface area contributed by atoms with Crippen LogP contribution in [0.2, 0.25) is 0 Å². The molecule has 30 heavy (non-hydrogen) atoms. The van der Waals surface area contributed by atoms with Crippen molar-refractivity contribution in [2.45, 2.75) is 47.1 Å². The first-order valence-electron chi connectivity index (χ1n) is 10.4. The largest absolute Gasteiger partial charge is 0.356 e. The van der Waals surface area contributed by atoms with E-state index in [0.717, 1.165) is 34.5 Å². The molecule has 0 bridgehead atoms. The van der Waals surface area contributed by atoms with Gasteiger partial charge in [0.15, 0.2) is 0 Å². The van der Waals surface area contributed by atoms with E-state index < -0.39 is 0 Å². The third kappa shape index (κ3) is 5.26. The number of amides is 2. The molecule has 1 aromatic heterocycles. The number of benzene rings is 2. The zero-order valence-electron chi connectivity index (χ0n) is 18.2. The molecule has 3 rings (SSSR count). The molecule has 1 heterocycles. The molecule has 3 aromatic rings. The molecule has 158 valence electrons. The number of nitrogens with one attached hydrogen (secondary N) is 2. The van der Waals surface area contributed by atoms with Gasteiger partial charge in [-0.25, -0.2) is 4.98 Å². The molecule has 0 aliphatic heterocycles. The van der Waals surface area contributed by atoms with E-state index in [1.165, 1.54) is 5.56 Å². The molecular formula is C24H30N4O2. The van der Waals surface area contributed by atoms with Gasteiger partial charge < -0.3 is 15.2 Å². The minimum absolute atomic E-state index is 0.0244. The molecule has 6 heteroatoms. The highest BCUT2D eigenvalue weighted by Gasteiger charge is 2.14. The molecule has 2 aromatic carbocycles. The van der Waals surface area contributed by atoms with Crippen molar-refractivity contribution < 1.29 is 9.59 Å². The van der Waals surface area contributed by atoms with Gasteiger partial charge in [-0.05, 0) is 55.7 Å². The van der Waals surface area contributed by atoms with E-state index in [1.807, 2.05) is 67.8 Å². The van der Waals surface area contributed by atoms with Crippen LogP contribution in [0.1, 0.15) is 37.2 Å². The molecule has 6 nitrogen and oxygen atoms in total. The van der Waals surface area contributed by atoms with Crippen LogP contribution in [0.5, 0.6) is 0 Å². The van der Waals surface area contributed by atoms with Crippen LogP contribution < -0.4 is 10.6 Å². The van der Waals surface area contributed by atoms with Crippen molar-refractivity contribution in [3.63, 3.8) is 0 Å². The van der Waals surface area contributed by atoms with E-state index in [2.05, 4.69) is 17.6 Å². The number of aromatic nitrogens is 2. The Balaban J connectivity index is 1.71. The number of para-hydroxylation sites is 2. The first-order chi connectivity index (χ1) is 14.3. The van der Waals surface area contributed by atoms with Crippen LogP contribution >= 0.6 is 0 Å². The van der Waals surface area contributed by atoms with E-state index in [0.29, 0.717) is 13.0 Å². The SMILES string of the molecule is Cc1ccc(NC(=O)Cn2c(CCCNC(=O)C(C)C)nc3ccccc32)cc1C. The number of fused-ring (bicyclic) bond motifs is 1. The number of hydrogen-bond acceptors (Lipinski definition) is 3. The summed E-state index contributed by atoms with van der Waals surface area (Å²) in [7, 11) is 0. The molecule has 0 aliphatic carbocycles. The number of rotatable bonds is 8. The Kier molecular flexibility index (Phi) is 6.87. The first-order valence-corrected chi connectivity index (χ1v) is 10.4. The van der Waals surface area contributed by atoms with Crippen molar-refractivity contribution >= 4 is 28.5 Å². The Hall–Kier alpha value is -3.15. The van der Waals surface area contributed by atoms with Gasteiger partial charge in [0, 0.05) is 24.6 Å². The lowest BCUT2D eigenvalue weighted by molar-refractivity contribution is -0.124. The molecule has 2 N–H and O–H groups in total. The maximum Gasteiger partial charge on any atom is 0.244 e. The van der Waals surface area contributed by atoms with Crippen molar-refractivity contribution in [3.05, 3.63) is 59.4 Å². The van der Waals surface area contributed by atoms with Gasteiger partial charge in [-0.15, -0.1) is 0 Å². The highest BCUT2D eigenvalue weighted by Crippen LogP contribution is 2.18. The molecule has 0 saturated heterocycles. The monoisotopic (exact) mass is 406 g/mol. The lowest BCUT2D eigenvalue weighted by atomic mass is 10.1. The van der Waals surface area contributed by atoms with E-state index in [4.69, 9.17) is 4.98 Å². The van der Waals surface area contributed by atoms with Crippen molar-refractivity contribution in [3.8, 4) is 0 Å². The quantitative estimate of drug-likeness (QED) is 0.555. The minimum atomic E-state index is -0.0873. The molecule has 2 amide bonds. The number of carbonyl (C=O) groups excluding carboxylic acids is 2. The normalized spacial score (nSPS) is 11.1. The predicted octanol–water partition coefficient (Wildman–Crippen LogP) is 4.00. The Morgan fingerprint density at radius 1 is 1.07 bits per heavy atom. The minimum Gasteiger partial charge on any atom is -0.356 e. The Morgan fingerprint density at radius 3 is 2.57 bits per heavy atom. The maximum absolute atomic E-state index is 12.7. The van der Waals surface area contributed by atoms with Crippen molar-refractivity contribution in [2.24, 2.45) is 5.92 Å². The van der Waals surface area contributed by atoms with E-state index in [9.17, 15) is 9.59 Å². The van der Waals surface area contributed by atoms with Gasteiger partial charge in [0.1, 0.15) is 12.4 Å². The lowest BCUT2D eigenvalue weighted by Gasteiger charge is -2.12. The smallest absolute Gasteiger partial charge is 0.244 e. The number of carbonyl (C=O) groups is 2. The summed E-state index contributed by atoms with van der Waals surface area (Å²) in [6.45, 7) is 8.63. The average Bonchev–Trinajstić information content (AvgIpc) is 3.05. The van der Waals surface area contributed by atoms with E-state index >= 15 is 0 Å². The summed E-state index contributed by atoms with van der Waals surface area (Å²) in [6, 6.07) is 13.7. The second-order valence-electron chi connectivity index (χ2n) is 8.00. The zero-order valence-corrected chi connectivity index (χ0v) is 18.2. The summed E-state index contributed by atoms with van der Waals surface area (Å²) in [5.41, 5.74) is 4.95. The van der Waals surface area contributed by atoms with Crippen LogP contribution in [0.15, 0.2) is 42.5 Å². The van der Waals surface area contributed by atoms with Crippen molar-refractivity contribution in [2.75, 3.05) is 11.9 Å². The fraction of sp³-hybridized carbons (Fsp3) is 0.375. The van der Waals surface area contributed by atoms with Crippen LogP contribution in [0.25, 0.3) is 11.0 Å². The number of aryl methyl sites for hydroxylation is 3. The molecule has 0 atom stereocenters. The van der Waals surface area contributed by atoms with E-state index in [1.54, 1.807) is 0 Å². The zero-order chi connectivity index (χ0) is 21.7. The third-order valence-electron chi connectivity index (χ3n) is 5.23. The van der Waals surface area contributed by atoms with Gasteiger partial charge in [-0.3, -0.25) is 9.59 Å². The Bertz CT molecular complexity index is 1050. The molecule has 0 fully saturated rings. The molecule has 0 aliphatic rings. The lowest BCUT2D eigenvalue weighted by Crippen LogP contribution is -2.29. The summed E-state index contributed by atoms with van der Waals surface area (Å²) in [4.78, 5) is 29.2. The van der Waals surface area contributed by atoms with Crippen LogP contribution in [0.3, 0.4) is 0 Å². The molecular weight excluding hydrogens is 376 g/mol. The van der Waals surface area contributed by atoms with Gasteiger partial charge in [0.25, 0.3) is 0 Å². The second-order valence-corrected chi connectivity index (χ2v) is 8.00. The third-order valence-corrected chi connectivity index (χ3v) is 5.23. The molecule has 0 radical (unpaired) electrons. The fourth-order valence-electron chi connectivity index (χ4n) is 3.32. The summed E-state index contributed by atoms with van der Waals surface area (Å²) >= 11 is 0. The summed E-state index contributed by atoms with van der Waals surface area (Å²) in [6.07, 6.45) is 1.45. The van der Waals surface area contributed by atoms with Crippen molar-refractivity contribution in [1.29, 1.82) is 0 Å². The summed E-state index contributed by atoms with van der Waals surface area (Å²) < 4.78 is 1.97. The first kappa shape index (κ1) is 21.6. The molecule has 0 unspecified atom stereocenters. The van der Waals surface area contributed by atoms with Gasteiger partial charge in [0.2, 0.25) is 11.8 Å². The number of nitrogens with zero attached hydrogens (tertiary/aromatic N) is 2. The topological polar surface area (TPSA) is 76.0 Å². The highest BCUT2D eigenvalue weighted by molar-refractivity contribution is 5.92. The van der Waals surface area contributed by atoms with Gasteiger partial charge in [-0.1, -0.05) is 32.0 Å². The van der Waals surface area contributed by atoms with Crippen LogP contribution in [0, 0.1) is 19.8 Å². The van der Waals surface area contributed by atoms with Gasteiger partial charge in [-0.2, -0.15) is 0 Å². The predicted molar refractivity (Wildman–Crippen MR) is 120 cm³/mol. The Morgan fingerprint density at radius 2 is 1.83 bits per heavy atom.